The van der Waals surface area contributed by atoms with Crippen LogP contribution in [0.15, 0.2) is 42.7 Å². The van der Waals surface area contributed by atoms with Gasteiger partial charge in [-0.25, -0.2) is 0 Å². The normalized spacial score (nSPS) is 11.9. The van der Waals surface area contributed by atoms with Gasteiger partial charge in [-0.15, -0.1) is 5.10 Å². The first kappa shape index (κ1) is 11.7. The fourth-order valence-electron chi connectivity index (χ4n) is 2.04. The average Bonchev–Trinajstić information content (AvgIpc) is 2.81. The van der Waals surface area contributed by atoms with E-state index in [2.05, 4.69) is 15.2 Å². The number of rotatable bonds is 1. The Morgan fingerprint density at radius 1 is 1.00 bits per heavy atom. The lowest BCUT2D eigenvalue weighted by atomic mass is 10.0. The van der Waals surface area contributed by atoms with E-state index in [0.717, 1.165) is 6.07 Å². The molecular formula is C13H8F3N3. The number of nitrogens with zero attached hydrogens (tertiary/aromatic N) is 2. The molecule has 19 heavy (non-hydrogen) atoms. The van der Waals surface area contributed by atoms with Crippen molar-refractivity contribution in [3.63, 3.8) is 0 Å². The van der Waals surface area contributed by atoms with Gasteiger partial charge in [0.05, 0.1) is 17.3 Å². The molecule has 0 saturated heterocycles. The minimum atomic E-state index is -4.40. The van der Waals surface area contributed by atoms with Gasteiger partial charge in [0.25, 0.3) is 0 Å². The van der Waals surface area contributed by atoms with Gasteiger partial charge in [0.1, 0.15) is 5.52 Å². The molecule has 2 heterocycles. The number of halogens is 3. The summed E-state index contributed by atoms with van der Waals surface area (Å²) in [6.45, 7) is 0. The molecule has 0 aliphatic heterocycles. The topological polar surface area (TPSA) is 41.6 Å². The van der Waals surface area contributed by atoms with E-state index >= 15 is 0 Å². The van der Waals surface area contributed by atoms with Crippen molar-refractivity contribution in [2.45, 2.75) is 6.18 Å². The van der Waals surface area contributed by atoms with Crippen molar-refractivity contribution in [3.8, 4) is 11.1 Å². The predicted molar refractivity (Wildman–Crippen MR) is 64.3 cm³/mol. The van der Waals surface area contributed by atoms with Crippen LogP contribution in [-0.2, 0) is 6.18 Å². The zero-order chi connectivity index (χ0) is 13.5. The molecule has 0 atom stereocenters. The smallest absolute Gasteiger partial charge is 0.359 e. The third-order valence-corrected chi connectivity index (χ3v) is 2.87. The number of alkyl halides is 3. The Labute approximate surface area is 106 Å². The highest BCUT2D eigenvalue weighted by Crippen LogP contribution is 2.38. The zero-order valence-electron chi connectivity index (χ0n) is 9.57. The van der Waals surface area contributed by atoms with Gasteiger partial charge in [-0.2, -0.15) is 18.3 Å². The second-order valence-corrected chi connectivity index (χ2v) is 4.04. The number of aromatic amines is 1. The second-order valence-electron chi connectivity index (χ2n) is 4.04. The van der Waals surface area contributed by atoms with Gasteiger partial charge < -0.3 is 4.98 Å². The Bertz CT molecular complexity index is 731. The van der Waals surface area contributed by atoms with Crippen molar-refractivity contribution >= 4 is 11.0 Å². The van der Waals surface area contributed by atoms with Gasteiger partial charge in [-0.05, 0) is 17.7 Å². The van der Waals surface area contributed by atoms with Gasteiger partial charge >= 0.3 is 6.18 Å². The molecule has 6 heteroatoms. The lowest BCUT2D eigenvalue weighted by Crippen LogP contribution is -2.06. The number of benzene rings is 1. The molecule has 96 valence electrons. The summed E-state index contributed by atoms with van der Waals surface area (Å²) in [7, 11) is 0. The predicted octanol–water partition coefficient (Wildman–Crippen LogP) is 3.64. The van der Waals surface area contributed by atoms with Crippen LogP contribution >= 0.6 is 0 Å². The maximum absolute atomic E-state index is 13.0. The lowest BCUT2D eigenvalue weighted by Gasteiger charge is -2.11. The maximum atomic E-state index is 13.0. The molecule has 0 spiro atoms. The fourth-order valence-corrected chi connectivity index (χ4v) is 2.04. The Morgan fingerprint density at radius 2 is 1.79 bits per heavy atom. The maximum Gasteiger partial charge on any atom is 0.417 e. The summed E-state index contributed by atoms with van der Waals surface area (Å²) in [5.74, 6) is 0. The molecule has 0 aliphatic rings. The van der Waals surface area contributed by atoms with E-state index in [1.165, 1.54) is 24.5 Å². The summed E-state index contributed by atoms with van der Waals surface area (Å²) in [5.41, 5.74) is 0.903. The van der Waals surface area contributed by atoms with Crippen LogP contribution in [-0.4, -0.2) is 15.2 Å². The Hall–Kier alpha value is -2.37. The SMILES string of the molecule is FC(F)(F)c1ccccc1-c1c[nH]c2ccnnc12. The van der Waals surface area contributed by atoms with Crippen LogP contribution in [0, 0.1) is 0 Å². The second kappa shape index (κ2) is 4.08. The quantitative estimate of drug-likeness (QED) is 0.728. The molecular weight excluding hydrogens is 255 g/mol. The van der Waals surface area contributed by atoms with Crippen molar-refractivity contribution in [3.05, 3.63) is 48.3 Å². The highest BCUT2D eigenvalue weighted by atomic mass is 19.4. The first-order valence-electron chi connectivity index (χ1n) is 5.53. The molecule has 1 aromatic carbocycles. The van der Waals surface area contributed by atoms with Crippen molar-refractivity contribution in [2.75, 3.05) is 0 Å². The zero-order valence-corrected chi connectivity index (χ0v) is 9.57. The van der Waals surface area contributed by atoms with E-state index < -0.39 is 11.7 Å². The summed E-state index contributed by atoms with van der Waals surface area (Å²) in [4.78, 5) is 2.90. The molecule has 3 rings (SSSR count). The molecule has 0 fully saturated rings. The van der Waals surface area contributed by atoms with Crippen molar-refractivity contribution in [1.82, 2.24) is 15.2 Å². The minimum absolute atomic E-state index is 0.0988. The molecule has 0 amide bonds. The van der Waals surface area contributed by atoms with Gasteiger partial charge in [-0.1, -0.05) is 18.2 Å². The average molecular weight is 263 g/mol. The molecule has 0 radical (unpaired) electrons. The van der Waals surface area contributed by atoms with E-state index in [1.54, 1.807) is 12.1 Å². The van der Waals surface area contributed by atoms with Gasteiger partial charge in [0, 0.05) is 11.8 Å². The van der Waals surface area contributed by atoms with Crippen LogP contribution in [0.25, 0.3) is 22.2 Å². The summed E-state index contributed by atoms with van der Waals surface area (Å²) in [6.07, 6.45) is -1.40. The summed E-state index contributed by atoms with van der Waals surface area (Å²) >= 11 is 0. The van der Waals surface area contributed by atoms with E-state index in [1.807, 2.05) is 0 Å². The number of nitrogens with one attached hydrogen (secondary N) is 1. The number of hydrogen-bond acceptors (Lipinski definition) is 2. The van der Waals surface area contributed by atoms with Gasteiger partial charge in [0.15, 0.2) is 0 Å². The Balaban J connectivity index is 2.28. The largest absolute Gasteiger partial charge is 0.417 e. The fraction of sp³-hybridized carbons (Fsp3) is 0.0769. The summed E-state index contributed by atoms with van der Waals surface area (Å²) in [6, 6.07) is 7.10. The first-order chi connectivity index (χ1) is 9.07. The number of H-pyrrole nitrogens is 1. The van der Waals surface area contributed by atoms with Crippen LogP contribution in [0.4, 0.5) is 13.2 Å². The van der Waals surface area contributed by atoms with Crippen molar-refractivity contribution in [1.29, 1.82) is 0 Å². The Kier molecular flexibility index (Phi) is 2.51. The van der Waals surface area contributed by atoms with Gasteiger partial charge in [-0.3, -0.25) is 0 Å². The molecule has 2 aromatic heterocycles. The molecule has 0 bridgehead atoms. The highest BCUT2D eigenvalue weighted by molar-refractivity contribution is 5.92. The van der Waals surface area contributed by atoms with Crippen LogP contribution in [0.2, 0.25) is 0 Å². The summed E-state index contributed by atoms with van der Waals surface area (Å²) < 4.78 is 39.0. The number of hydrogen-bond donors (Lipinski definition) is 1. The van der Waals surface area contributed by atoms with Crippen LogP contribution < -0.4 is 0 Å². The molecule has 0 saturated carbocycles. The first-order valence-corrected chi connectivity index (χ1v) is 5.53. The minimum Gasteiger partial charge on any atom is -0.359 e. The van der Waals surface area contributed by atoms with Crippen LogP contribution in [0.5, 0.6) is 0 Å². The Morgan fingerprint density at radius 3 is 2.58 bits per heavy atom. The third kappa shape index (κ3) is 1.95. The number of fused-ring (bicyclic) bond motifs is 1. The molecule has 0 aliphatic carbocycles. The van der Waals surface area contributed by atoms with Crippen LogP contribution in [0.3, 0.4) is 0 Å². The monoisotopic (exact) mass is 263 g/mol. The van der Waals surface area contributed by atoms with Gasteiger partial charge in [0.2, 0.25) is 0 Å². The van der Waals surface area contributed by atoms with E-state index in [9.17, 15) is 13.2 Å². The molecule has 0 unspecified atom stereocenters. The number of aromatic nitrogens is 3. The van der Waals surface area contributed by atoms with E-state index in [0.29, 0.717) is 16.6 Å². The standard InChI is InChI=1S/C13H8F3N3/c14-13(15,16)10-4-2-1-3-8(10)9-7-17-11-5-6-18-19-12(9)11/h1-7,17H. The molecule has 1 N–H and O–H groups in total. The van der Waals surface area contributed by atoms with Crippen molar-refractivity contribution in [2.24, 2.45) is 0 Å². The summed E-state index contributed by atoms with van der Waals surface area (Å²) in [5, 5.41) is 7.60. The lowest BCUT2D eigenvalue weighted by molar-refractivity contribution is -0.137. The molecule has 3 aromatic rings. The highest BCUT2D eigenvalue weighted by Gasteiger charge is 2.33. The molecule has 3 nitrogen and oxygen atoms in total. The van der Waals surface area contributed by atoms with Crippen molar-refractivity contribution < 1.29 is 13.2 Å². The van der Waals surface area contributed by atoms with E-state index in [-0.39, 0.29) is 5.56 Å². The van der Waals surface area contributed by atoms with Crippen LogP contribution in [0.1, 0.15) is 5.56 Å². The van der Waals surface area contributed by atoms with E-state index in [4.69, 9.17) is 0 Å². The third-order valence-electron chi connectivity index (χ3n) is 2.87.